The molecule has 5 rings (SSSR count). The minimum absolute atomic E-state index is 0.202. The molecule has 29 heavy (non-hydrogen) atoms. The Bertz CT molecular complexity index is 1250. The van der Waals surface area contributed by atoms with Gasteiger partial charge in [0.25, 0.3) is 5.91 Å². The van der Waals surface area contributed by atoms with Crippen LogP contribution in [-0.2, 0) is 0 Å². The van der Waals surface area contributed by atoms with Gasteiger partial charge in [0.2, 0.25) is 4.96 Å². The summed E-state index contributed by atoms with van der Waals surface area (Å²) < 4.78 is 12.8. The van der Waals surface area contributed by atoms with Crippen molar-refractivity contribution >= 4 is 27.9 Å². The number of hydrogen-bond acceptors (Lipinski definition) is 7. The summed E-state index contributed by atoms with van der Waals surface area (Å²) in [6.45, 7) is 4.82. The number of fused-ring (bicyclic) bond motifs is 2. The third-order valence-electron chi connectivity index (χ3n) is 4.67. The molecule has 3 heterocycles. The number of aryl methyl sites for hydroxylation is 2. The SMILES string of the molecule is Cc1cc(-c2nn3c(C)nnc3s2)ccc1NC(=O)c1ccc2c(c1)OCCO2. The first-order valence-electron chi connectivity index (χ1n) is 9.09. The first kappa shape index (κ1) is 17.6. The molecule has 2 aromatic heterocycles. The van der Waals surface area contributed by atoms with Gasteiger partial charge < -0.3 is 14.8 Å². The van der Waals surface area contributed by atoms with Gasteiger partial charge in [-0.05, 0) is 55.8 Å². The van der Waals surface area contributed by atoms with Crippen LogP contribution in [0, 0.1) is 13.8 Å². The highest BCUT2D eigenvalue weighted by Gasteiger charge is 2.16. The summed E-state index contributed by atoms with van der Waals surface area (Å²) in [5.41, 5.74) is 3.17. The molecule has 0 saturated heterocycles. The van der Waals surface area contributed by atoms with Crippen LogP contribution in [0.2, 0.25) is 0 Å². The highest BCUT2D eigenvalue weighted by atomic mass is 32.1. The number of amides is 1. The van der Waals surface area contributed by atoms with Crippen LogP contribution in [0.4, 0.5) is 5.69 Å². The zero-order valence-electron chi connectivity index (χ0n) is 15.8. The molecular formula is C20H17N5O3S. The van der Waals surface area contributed by atoms with Crippen molar-refractivity contribution in [3.8, 4) is 22.1 Å². The average Bonchev–Trinajstić information content (AvgIpc) is 3.31. The maximum Gasteiger partial charge on any atom is 0.255 e. The number of nitrogens with zero attached hydrogens (tertiary/aromatic N) is 4. The number of rotatable bonds is 3. The zero-order valence-corrected chi connectivity index (χ0v) is 16.6. The van der Waals surface area contributed by atoms with Gasteiger partial charge in [-0.25, -0.2) is 0 Å². The van der Waals surface area contributed by atoms with E-state index in [2.05, 4.69) is 20.6 Å². The number of carbonyl (C=O) groups excluding carboxylic acids is 1. The van der Waals surface area contributed by atoms with Gasteiger partial charge in [0.05, 0.1) is 0 Å². The van der Waals surface area contributed by atoms with Crippen molar-refractivity contribution in [2.45, 2.75) is 13.8 Å². The van der Waals surface area contributed by atoms with E-state index >= 15 is 0 Å². The Balaban J connectivity index is 1.38. The van der Waals surface area contributed by atoms with E-state index in [9.17, 15) is 4.79 Å². The van der Waals surface area contributed by atoms with Crippen molar-refractivity contribution < 1.29 is 14.3 Å². The van der Waals surface area contributed by atoms with Crippen LogP contribution in [0.25, 0.3) is 15.5 Å². The van der Waals surface area contributed by atoms with Gasteiger partial charge >= 0.3 is 0 Å². The van der Waals surface area contributed by atoms with Gasteiger partial charge in [0.1, 0.15) is 18.2 Å². The minimum atomic E-state index is -0.202. The molecule has 0 fully saturated rings. The third kappa shape index (κ3) is 3.19. The lowest BCUT2D eigenvalue weighted by atomic mass is 10.1. The quantitative estimate of drug-likeness (QED) is 0.559. The number of ether oxygens (including phenoxy) is 2. The molecule has 0 radical (unpaired) electrons. The number of aromatic nitrogens is 4. The summed E-state index contributed by atoms with van der Waals surface area (Å²) in [6, 6.07) is 11.0. The Kier molecular flexibility index (Phi) is 4.17. The molecule has 1 N–H and O–H groups in total. The molecule has 0 bridgehead atoms. The summed E-state index contributed by atoms with van der Waals surface area (Å²) in [5, 5.41) is 16.5. The van der Waals surface area contributed by atoms with Crippen LogP contribution in [0.1, 0.15) is 21.7 Å². The Morgan fingerprint density at radius 2 is 1.90 bits per heavy atom. The monoisotopic (exact) mass is 407 g/mol. The van der Waals surface area contributed by atoms with Gasteiger partial charge in [-0.3, -0.25) is 4.79 Å². The van der Waals surface area contributed by atoms with Gasteiger partial charge in [-0.2, -0.15) is 9.61 Å². The lowest BCUT2D eigenvalue weighted by Crippen LogP contribution is -2.17. The maximum absolute atomic E-state index is 12.7. The highest BCUT2D eigenvalue weighted by Crippen LogP contribution is 2.32. The lowest BCUT2D eigenvalue weighted by molar-refractivity contribution is 0.102. The molecule has 0 unspecified atom stereocenters. The van der Waals surface area contributed by atoms with E-state index in [1.165, 1.54) is 11.3 Å². The Morgan fingerprint density at radius 3 is 2.69 bits per heavy atom. The van der Waals surface area contributed by atoms with E-state index < -0.39 is 0 Å². The van der Waals surface area contributed by atoms with E-state index in [0.717, 1.165) is 32.6 Å². The largest absolute Gasteiger partial charge is 0.486 e. The van der Waals surface area contributed by atoms with Crippen molar-refractivity contribution in [3.05, 3.63) is 53.3 Å². The molecule has 9 heteroatoms. The minimum Gasteiger partial charge on any atom is -0.486 e. The summed E-state index contributed by atoms with van der Waals surface area (Å²) >= 11 is 1.47. The Labute approximate surface area is 170 Å². The fourth-order valence-corrected chi connectivity index (χ4v) is 4.03. The third-order valence-corrected chi connectivity index (χ3v) is 5.62. The number of carbonyl (C=O) groups is 1. The van der Waals surface area contributed by atoms with Crippen LogP contribution < -0.4 is 14.8 Å². The van der Waals surface area contributed by atoms with Gasteiger partial charge in [-0.1, -0.05) is 11.3 Å². The molecular weight excluding hydrogens is 390 g/mol. The number of anilines is 1. The van der Waals surface area contributed by atoms with Crippen molar-refractivity contribution in [1.29, 1.82) is 0 Å². The number of benzene rings is 2. The van der Waals surface area contributed by atoms with Crippen LogP contribution in [0.5, 0.6) is 11.5 Å². The molecule has 0 saturated carbocycles. The second kappa shape index (κ2) is 6.85. The molecule has 146 valence electrons. The summed E-state index contributed by atoms with van der Waals surface area (Å²) in [4.78, 5) is 13.4. The normalized spacial score (nSPS) is 12.9. The van der Waals surface area contributed by atoms with E-state index in [4.69, 9.17) is 9.47 Å². The average molecular weight is 407 g/mol. The predicted molar refractivity (Wildman–Crippen MR) is 109 cm³/mol. The zero-order chi connectivity index (χ0) is 20.0. The molecule has 1 amide bonds. The van der Waals surface area contributed by atoms with Crippen molar-refractivity contribution in [2.75, 3.05) is 18.5 Å². The summed E-state index contributed by atoms with van der Waals surface area (Å²) in [7, 11) is 0. The molecule has 0 atom stereocenters. The standard InChI is InChI=1S/C20H17N5O3S/c1-11-9-14(19-24-25-12(2)22-23-20(25)29-19)3-5-15(11)21-18(26)13-4-6-16-17(10-13)28-8-7-27-16/h3-6,9-10H,7-8H2,1-2H3,(H,21,26). The molecule has 0 aliphatic carbocycles. The van der Waals surface area contributed by atoms with Gasteiger partial charge in [-0.15, -0.1) is 10.2 Å². The van der Waals surface area contributed by atoms with Crippen LogP contribution in [0.15, 0.2) is 36.4 Å². The summed E-state index contributed by atoms with van der Waals surface area (Å²) in [5.74, 6) is 1.80. The van der Waals surface area contributed by atoms with E-state index in [1.807, 2.05) is 32.0 Å². The van der Waals surface area contributed by atoms with E-state index in [1.54, 1.807) is 22.7 Å². The molecule has 0 spiro atoms. The molecule has 1 aliphatic rings. The first-order chi connectivity index (χ1) is 14.1. The van der Waals surface area contributed by atoms with Crippen molar-refractivity contribution in [2.24, 2.45) is 0 Å². The lowest BCUT2D eigenvalue weighted by Gasteiger charge is -2.18. The molecule has 8 nitrogen and oxygen atoms in total. The molecule has 2 aromatic carbocycles. The fraction of sp³-hybridized carbons (Fsp3) is 0.200. The molecule has 4 aromatic rings. The van der Waals surface area contributed by atoms with Gasteiger partial charge in [0.15, 0.2) is 17.3 Å². The van der Waals surface area contributed by atoms with Crippen LogP contribution in [0.3, 0.4) is 0 Å². The second-order valence-electron chi connectivity index (χ2n) is 6.69. The van der Waals surface area contributed by atoms with Crippen molar-refractivity contribution in [3.63, 3.8) is 0 Å². The Morgan fingerprint density at radius 1 is 1.07 bits per heavy atom. The predicted octanol–water partition coefficient (Wildman–Crippen LogP) is 3.49. The second-order valence-corrected chi connectivity index (χ2v) is 7.65. The smallest absolute Gasteiger partial charge is 0.255 e. The van der Waals surface area contributed by atoms with Gasteiger partial charge in [0, 0.05) is 16.8 Å². The maximum atomic E-state index is 12.7. The summed E-state index contributed by atoms with van der Waals surface area (Å²) in [6.07, 6.45) is 0. The van der Waals surface area contributed by atoms with Crippen LogP contribution in [-0.4, -0.2) is 38.9 Å². The number of hydrogen-bond donors (Lipinski definition) is 1. The Hall–Kier alpha value is -3.46. The molecule has 1 aliphatic heterocycles. The first-order valence-corrected chi connectivity index (χ1v) is 9.91. The highest BCUT2D eigenvalue weighted by molar-refractivity contribution is 7.19. The topological polar surface area (TPSA) is 90.6 Å². The van der Waals surface area contributed by atoms with Crippen molar-refractivity contribution in [1.82, 2.24) is 19.8 Å². The van der Waals surface area contributed by atoms with E-state index in [0.29, 0.717) is 30.3 Å². The van der Waals surface area contributed by atoms with Crippen LogP contribution >= 0.6 is 11.3 Å². The van der Waals surface area contributed by atoms with E-state index in [-0.39, 0.29) is 5.91 Å². The number of nitrogens with one attached hydrogen (secondary N) is 1. The fourth-order valence-electron chi connectivity index (χ4n) is 3.15.